The van der Waals surface area contributed by atoms with Gasteiger partial charge in [-0.3, -0.25) is 4.68 Å². The maximum atomic E-state index is 4.79. The van der Waals surface area contributed by atoms with Gasteiger partial charge in [-0.15, -0.1) is 24.8 Å². The summed E-state index contributed by atoms with van der Waals surface area (Å²) in [6, 6.07) is 12.3. The maximum absolute atomic E-state index is 4.79. The Morgan fingerprint density at radius 3 is 2.83 bits per heavy atom. The summed E-state index contributed by atoms with van der Waals surface area (Å²) in [4.78, 5) is 4.56. The normalized spacial score (nSPS) is 13.1. The minimum atomic E-state index is 0. The van der Waals surface area contributed by atoms with Crippen LogP contribution in [0.25, 0.3) is 17.2 Å². The molecular weight excluding hydrogens is 421 g/mol. The van der Waals surface area contributed by atoms with E-state index in [0.717, 1.165) is 56.2 Å². The number of fused-ring (bicyclic) bond motifs is 1. The molecule has 9 heteroatoms. The van der Waals surface area contributed by atoms with E-state index < -0.39 is 0 Å². The van der Waals surface area contributed by atoms with Gasteiger partial charge in [0.15, 0.2) is 5.82 Å². The van der Waals surface area contributed by atoms with Gasteiger partial charge in [0.1, 0.15) is 5.69 Å². The SMILES string of the molecule is Cl.Cl.c1ccc(-n2cc(CCn3ccnc3-c3cc4n(n3)CCCNC4)cn2)cc1. The Bertz CT molecular complexity index is 1040. The van der Waals surface area contributed by atoms with Crippen LogP contribution in [-0.4, -0.2) is 35.7 Å². The Kier molecular flexibility index (Phi) is 7.31. The smallest absolute Gasteiger partial charge is 0.160 e. The number of para-hydroxylation sites is 1. The lowest BCUT2D eigenvalue weighted by molar-refractivity contribution is 0.587. The van der Waals surface area contributed by atoms with Crippen molar-refractivity contribution in [3.8, 4) is 17.2 Å². The molecule has 0 radical (unpaired) electrons. The van der Waals surface area contributed by atoms with E-state index >= 15 is 0 Å². The molecule has 0 unspecified atom stereocenters. The van der Waals surface area contributed by atoms with Crippen molar-refractivity contribution in [3.05, 3.63) is 72.4 Å². The molecule has 30 heavy (non-hydrogen) atoms. The molecule has 0 saturated heterocycles. The summed E-state index contributed by atoms with van der Waals surface area (Å²) in [6.07, 6.45) is 9.91. The second kappa shape index (κ2) is 9.93. The molecule has 158 valence electrons. The summed E-state index contributed by atoms with van der Waals surface area (Å²) < 4.78 is 6.21. The lowest BCUT2D eigenvalue weighted by Gasteiger charge is -2.05. The first kappa shape index (κ1) is 22.1. The van der Waals surface area contributed by atoms with Gasteiger partial charge in [0.25, 0.3) is 0 Å². The van der Waals surface area contributed by atoms with Crippen LogP contribution < -0.4 is 5.32 Å². The molecule has 0 spiro atoms. The van der Waals surface area contributed by atoms with Crippen LogP contribution in [0.2, 0.25) is 0 Å². The van der Waals surface area contributed by atoms with Crippen molar-refractivity contribution in [2.75, 3.05) is 6.54 Å². The van der Waals surface area contributed by atoms with Gasteiger partial charge < -0.3 is 9.88 Å². The molecule has 4 aromatic rings. The Labute approximate surface area is 187 Å². The summed E-state index contributed by atoms with van der Waals surface area (Å²) >= 11 is 0. The summed E-state index contributed by atoms with van der Waals surface area (Å²) in [5.41, 5.74) is 4.45. The number of hydrogen-bond donors (Lipinski definition) is 1. The quantitative estimate of drug-likeness (QED) is 0.510. The Hall–Kier alpha value is -2.61. The largest absolute Gasteiger partial charge is 0.329 e. The van der Waals surface area contributed by atoms with Gasteiger partial charge >= 0.3 is 0 Å². The summed E-state index contributed by atoms with van der Waals surface area (Å²) in [6.45, 7) is 3.72. The lowest BCUT2D eigenvalue weighted by atomic mass is 10.2. The van der Waals surface area contributed by atoms with Crippen LogP contribution in [-0.2, 0) is 26.1 Å². The van der Waals surface area contributed by atoms with E-state index in [0.29, 0.717) is 0 Å². The summed E-state index contributed by atoms with van der Waals surface area (Å²) in [5.74, 6) is 0.927. The summed E-state index contributed by atoms with van der Waals surface area (Å²) in [7, 11) is 0. The third kappa shape index (κ3) is 4.59. The van der Waals surface area contributed by atoms with Crippen molar-refractivity contribution in [2.45, 2.75) is 32.5 Å². The number of nitrogens with zero attached hydrogens (tertiary/aromatic N) is 6. The van der Waals surface area contributed by atoms with Crippen molar-refractivity contribution in [3.63, 3.8) is 0 Å². The van der Waals surface area contributed by atoms with Crippen molar-refractivity contribution in [2.24, 2.45) is 0 Å². The van der Waals surface area contributed by atoms with Gasteiger partial charge in [-0.05, 0) is 43.1 Å². The average molecular weight is 446 g/mol. The lowest BCUT2D eigenvalue weighted by Crippen LogP contribution is -2.11. The fourth-order valence-electron chi connectivity index (χ4n) is 3.65. The van der Waals surface area contributed by atoms with E-state index in [-0.39, 0.29) is 24.8 Å². The van der Waals surface area contributed by atoms with Crippen LogP contribution >= 0.6 is 24.8 Å². The monoisotopic (exact) mass is 445 g/mol. The number of imidazole rings is 1. The molecule has 0 aliphatic carbocycles. The van der Waals surface area contributed by atoms with Crippen molar-refractivity contribution in [1.82, 2.24) is 34.4 Å². The van der Waals surface area contributed by atoms with E-state index in [4.69, 9.17) is 5.10 Å². The number of hydrogen-bond acceptors (Lipinski definition) is 4. The first-order valence-corrected chi connectivity index (χ1v) is 9.75. The van der Waals surface area contributed by atoms with Gasteiger partial charge in [-0.25, -0.2) is 9.67 Å². The van der Waals surface area contributed by atoms with Crippen LogP contribution in [0, 0.1) is 0 Å². The topological polar surface area (TPSA) is 65.5 Å². The van der Waals surface area contributed by atoms with Crippen LogP contribution in [0.4, 0.5) is 0 Å². The minimum Gasteiger partial charge on any atom is -0.329 e. The van der Waals surface area contributed by atoms with Crippen LogP contribution in [0.15, 0.2) is 61.2 Å². The zero-order valence-electron chi connectivity index (χ0n) is 16.5. The molecule has 0 fully saturated rings. The van der Waals surface area contributed by atoms with Gasteiger partial charge in [0.05, 0.1) is 17.6 Å². The fraction of sp³-hybridized carbons (Fsp3) is 0.286. The highest BCUT2D eigenvalue weighted by Crippen LogP contribution is 2.20. The Morgan fingerprint density at radius 2 is 1.97 bits per heavy atom. The molecule has 0 saturated carbocycles. The zero-order valence-corrected chi connectivity index (χ0v) is 18.1. The van der Waals surface area contributed by atoms with E-state index in [2.05, 4.69) is 49.0 Å². The van der Waals surface area contributed by atoms with E-state index in [1.54, 1.807) is 0 Å². The molecule has 1 aromatic carbocycles. The predicted molar refractivity (Wildman–Crippen MR) is 122 cm³/mol. The fourth-order valence-corrected chi connectivity index (χ4v) is 3.65. The highest BCUT2D eigenvalue weighted by atomic mass is 35.5. The van der Waals surface area contributed by atoms with E-state index in [1.807, 2.05) is 41.5 Å². The van der Waals surface area contributed by atoms with Gasteiger partial charge in [0.2, 0.25) is 0 Å². The van der Waals surface area contributed by atoms with Crippen LogP contribution in [0.5, 0.6) is 0 Å². The van der Waals surface area contributed by atoms with Gasteiger partial charge in [-0.1, -0.05) is 18.2 Å². The molecule has 4 heterocycles. The number of aryl methyl sites for hydroxylation is 3. The van der Waals surface area contributed by atoms with Crippen molar-refractivity contribution in [1.29, 1.82) is 0 Å². The maximum Gasteiger partial charge on any atom is 0.160 e. The first-order valence-electron chi connectivity index (χ1n) is 9.75. The first-order chi connectivity index (χ1) is 13.9. The highest BCUT2D eigenvalue weighted by molar-refractivity contribution is 5.85. The van der Waals surface area contributed by atoms with Crippen molar-refractivity contribution < 1.29 is 0 Å². The molecule has 0 bridgehead atoms. The van der Waals surface area contributed by atoms with Crippen LogP contribution in [0.1, 0.15) is 17.7 Å². The number of halogens is 2. The second-order valence-corrected chi connectivity index (χ2v) is 7.10. The Morgan fingerprint density at radius 1 is 1.10 bits per heavy atom. The molecule has 3 aromatic heterocycles. The molecule has 7 nitrogen and oxygen atoms in total. The van der Waals surface area contributed by atoms with Crippen molar-refractivity contribution >= 4 is 24.8 Å². The third-order valence-electron chi connectivity index (χ3n) is 5.14. The van der Waals surface area contributed by atoms with E-state index in [9.17, 15) is 0 Å². The summed E-state index contributed by atoms with van der Waals surface area (Å²) in [5, 5.41) is 12.7. The molecule has 5 rings (SSSR count). The standard InChI is InChI=1S/C21H23N7.2ClH/c1-2-5-18(6-3-1)28-16-17(14-24-28)7-11-26-12-9-23-21(26)20-13-19-15-22-8-4-10-27(19)25-20;;/h1-3,5-6,9,12-14,16,22H,4,7-8,10-11,15H2;2*1H. The zero-order chi connectivity index (χ0) is 18.8. The molecular formula is C21H25Cl2N7. The minimum absolute atomic E-state index is 0. The highest BCUT2D eigenvalue weighted by Gasteiger charge is 2.15. The Balaban J connectivity index is 0.00000128. The molecule has 1 aliphatic heterocycles. The number of aromatic nitrogens is 6. The van der Waals surface area contributed by atoms with Gasteiger partial charge in [0, 0.05) is 38.2 Å². The molecule has 0 atom stereocenters. The number of rotatable bonds is 5. The molecule has 1 N–H and O–H groups in total. The third-order valence-corrected chi connectivity index (χ3v) is 5.14. The molecule has 1 aliphatic rings. The van der Waals surface area contributed by atoms with E-state index in [1.165, 1.54) is 11.3 Å². The van der Waals surface area contributed by atoms with Crippen LogP contribution in [0.3, 0.4) is 0 Å². The predicted octanol–water partition coefficient (Wildman–Crippen LogP) is 3.51. The molecule has 0 amide bonds. The van der Waals surface area contributed by atoms with Gasteiger partial charge in [-0.2, -0.15) is 10.2 Å². The average Bonchev–Trinajstić information content (AvgIpc) is 3.44. The second-order valence-electron chi connectivity index (χ2n) is 7.10. The number of nitrogens with one attached hydrogen (secondary N) is 1. The number of benzene rings is 1.